The van der Waals surface area contributed by atoms with E-state index in [1.54, 1.807) is 19.1 Å². The van der Waals surface area contributed by atoms with Gasteiger partial charge in [-0.25, -0.2) is 4.79 Å². The molecule has 0 saturated carbocycles. The predicted molar refractivity (Wildman–Crippen MR) is 90.7 cm³/mol. The number of nitro benzene ring substituents is 1. The first kappa shape index (κ1) is 19.3. The van der Waals surface area contributed by atoms with Crippen LogP contribution < -0.4 is 0 Å². The zero-order valence-corrected chi connectivity index (χ0v) is 15.8. The van der Waals surface area contributed by atoms with E-state index in [0.29, 0.717) is 5.56 Å². The Morgan fingerprint density at radius 1 is 1.13 bits per heavy atom. The van der Waals surface area contributed by atoms with Gasteiger partial charge in [0.25, 0.3) is 5.69 Å². The van der Waals surface area contributed by atoms with Crippen molar-refractivity contribution in [1.29, 1.82) is 0 Å². The van der Waals surface area contributed by atoms with Gasteiger partial charge in [0.1, 0.15) is 0 Å². The molecule has 0 bridgehead atoms. The van der Waals surface area contributed by atoms with Crippen LogP contribution in [0.25, 0.3) is 0 Å². The Kier molecular flexibility index (Phi) is 5.38. The smallest absolute Gasteiger partial charge is 0.341 e. The molecule has 1 unspecified atom stereocenters. The van der Waals surface area contributed by atoms with Gasteiger partial charge in [-0.15, -0.1) is 0 Å². The molecule has 1 aromatic rings. The fraction of sp³-hybridized carbons (Fsp3) is 0.562. The van der Waals surface area contributed by atoms with Crippen molar-refractivity contribution >= 4 is 20.0 Å². The van der Waals surface area contributed by atoms with Gasteiger partial charge in [0, 0.05) is 12.1 Å². The Labute approximate surface area is 138 Å². The molecule has 0 heterocycles. The quantitative estimate of drug-likeness (QED) is 0.350. The summed E-state index contributed by atoms with van der Waals surface area (Å²) in [5.74, 6) is -0.517. The molecule has 1 rings (SSSR count). The molecule has 0 aromatic heterocycles. The lowest BCUT2D eigenvalue weighted by molar-refractivity contribution is -0.384. The van der Waals surface area contributed by atoms with Crippen molar-refractivity contribution in [2.75, 3.05) is 7.11 Å². The highest BCUT2D eigenvalue weighted by Gasteiger charge is 2.48. The van der Waals surface area contributed by atoms with E-state index in [4.69, 9.17) is 9.16 Å². The van der Waals surface area contributed by atoms with Crippen molar-refractivity contribution in [1.82, 2.24) is 0 Å². The first-order valence-electron chi connectivity index (χ1n) is 7.38. The molecule has 0 fully saturated rings. The van der Waals surface area contributed by atoms with Crippen LogP contribution in [0.3, 0.4) is 0 Å². The molecule has 0 amide bonds. The molecule has 1 atom stereocenters. The zero-order valence-electron chi connectivity index (χ0n) is 14.8. The van der Waals surface area contributed by atoms with Crippen molar-refractivity contribution < 1.29 is 18.9 Å². The van der Waals surface area contributed by atoms with Crippen LogP contribution in [0, 0.1) is 10.1 Å². The number of rotatable bonds is 5. The van der Waals surface area contributed by atoms with E-state index in [0.717, 1.165) is 0 Å². The van der Waals surface area contributed by atoms with Crippen LogP contribution in [0.4, 0.5) is 5.69 Å². The van der Waals surface area contributed by atoms with Crippen LogP contribution >= 0.6 is 0 Å². The topological polar surface area (TPSA) is 78.7 Å². The highest BCUT2D eigenvalue weighted by molar-refractivity contribution is 6.74. The van der Waals surface area contributed by atoms with E-state index >= 15 is 0 Å². The van der Waals surface area contributed by atoms with Crippen molar-refractivity contribution in [3.05, 3.63) is 39.9 Å². The minimum atomic E-state index is -2.27. The van der Waals surface area contributed by atoms with Gasteiger partial charge in [0.15, 0.2) is 13.9 Å². The number of nitrogens with zero attached hydrogens (tertiary/aromatic N) is 1. The molecule has 0 aliphatic rings. The summed E-state index contributed by atoms with van der Waals surface area (Å²) in [6, 6.07) is 5.82. The van der Waals surface area contributed by atoms with E-state index < -0.39 is 24.8 Å². The summed E-state index contributed by atoms with van der Waals surface area (Å²) in [6.45, 7) is 12.0. The second-order valence-electron chi connectivity index (χ2n) is 7.19. The summed E-state index contributed by atoms with van der Waals surface area (Å²) in [5, 5.41) is 10.7. The second-order valence-corrected chi connectivity index (χ2v) is 11.9. The monoisotopic (exact) mass is 339 g/mol. The molecule has 0 saturated heterocycles. The Hall–Kier alpha value is -1.73. The first-order valence-corrected chi connectivity index (χ1v) is 10.3. The standard InChI is InChI=1S/C16H25NO5Si/c1-15(2,3)23(6,7)22-16(4,14(18)21-5)12-8-10-13(11-9-12)17(19)20/h8-11H,1-7H3. The molecule has 7 heteroatoms. The fourth-order valence-electron chi connectivity index (χ4n) is 1.98. The first-order chi connectivity index (χ1) is 10.3. The van der Waals surface area contributed by atoms with Gasteiger partial charge >= 0.3 is 5.97 Å². The van der Waals surface area contributed by atoms with Crippen molar-refractivity contribution in [2.24, 2.45) is 0 Å². The highest BCUT2D eigenvalue weighted by Crippen LogP contribution is 2.42. The number of esters is 1. The largest absolute Gasteiger partial charge is 0.467 e. The summed E-state index contributed by atoms with van der Waals surface area (Å²) >= 11 is 0. The molecule has 0 N–H and O–H groups in total. The van der Waals surface area contributed by atoms with Crippen LogP contribution in [-0.4, -0.2) is 26.3 Å². The number of nitro groups is 1. The number of carbonyl (C=O) groups excluding carboxylic acids is 1. The summed E-state index contributed by atoms with van der Waals surface area (Å²) in [5.41, 5.74) is -0.791. The van der Waals surface area contributed by atoms with Crippen LogP contribution in [0.1, 0.15) is 33.3 Å². The van der Waals surface area contributed by atoms with Gasteiger partial charge in [-0.3, -0.25) is 10.1 Å². The summed E-state index contributed by atoms with van der Waals surface area (Å²) in [6.07, 6.45) is 0. The summed E-state index contributed by atoms with van der Waals surface area (Å²) in [7, 11) is -0.966. The van der Waals surface area contributed by atoms with Crippen LogP contribution in [0.2, 0.25) is 18.1 Å². The van der Waals surface area contributed by atoms with Crippen molar-refractivity contribution in [2.45, 2.75) is 51.4 Å². The van der Waals surface area contributed by atoms with Gasteiger partial charge in [-0.2, -0.15) is 0 Å². The van der Waals surface area contributed by atoms with E-state index in [9.17, 15) is 14.9 Å². The average Bonchev–Trinajstić information content (AvgIpc) is 2.44. The molecule has 6 nitrogen and oxygen atoms in total. The number of non-ortho nitro benzene ring substituents is 1. The average molecular weight is 339 g/mol. The van der Waals surface area contributed by atoms with Crippen molar-refractivity contribution in [3.8, 4) is 0 Å². The number of hydrogen-bond acceptors (Lipinski definition) is 5. The maximum atomic E-state index is 12.4. The molecule has 128 valence electrons. The Morgan fingerprint density at radius 3 is 1.96 bits per heavy atom. The van der Waals surface area contributed by atoms with E-state index in [1.807, 2.05) is 13.1 Å². The number of benzene rings is 1. The summed E-state index contributed by atoms with van der Waals surface area (Å²) < 4.78 is 11.3. The normalized spacial score (nSPS) is 14.9. The predicted octanol–water partition coefficient (Wildman–Crippen LogP) is 4.00. The molecule has 23 heavy (non-hydrogen) atoms. The maximum Gasteiger partial charge on any atom is 0.341 e. The molecule has 0 spiro atoms. The molecule has 0 radical (unpaired) electrons. The number of hydrogen-bond donors (Lipinski definition) is 0. The van der Waals surface area contributed by atoms with Gasteiger partial charge < -0.3 is 9.16 Å². The van der Waals surface area contributed by atoms with Gasteiger partial charge in [-0.1, -0.05) is 20.8 Å². The van der Waals surface area contributed by atoms with Gasteiger partial charge in [0.05, 0.1) is 12.0 Å². The highest BCUT2D eigenvalue weighted by atomic mass is 28.4. The SMILES string of the molecule is COC(=O)C(C)(O[Si](C)(C)C(C)(C)C)c1ccc([N+](=O)[O-])cc1. The van der Waals surface area contributed by atoms with Crippen LogP contribution in [0.15, 0.2) is 24.3 Å². The Bertz CT molecular complexity index is 591. The van der Waals surface area contributed by atoms with E-state index in [2.05, 4.69) is 20.8 Å². The number of carbonyl (C=O) groups is 1. The lowest BCUT2D eigenvalue weighted by atomic mass is 9.96. The second kappa shape index (κ2) is 6.41. The van der Waals surface area contributed by atoms with E-state index in [-0.39, 0.29) is 10.7 Å². The van der Waals surface area contributed by atoms with Crippen molar-refractivity contribution in [3.63, 3.8) is 0 Å². The molecule has 1 aromatic carbocycles. The molecular formula is C16H25NO5Si. The minimum absolute atomic E-state index is 0.0340. The third-order valence-corrected chi connectivity index (χ3v) is 9.00. The fourth-order valence-corrected chi connectivity index (χ4v) is 3.51. The van der Waals surface area contributed by atoms with Crippen LogP contribution in [-0.2, 0) is 19.6 Å². The Balaban J connectivity index is 3.33. The maximum absolute atomic E-state index is 12.4. The zero-order chi connectivity index (χ0) is 18.1. The lowest BCUT2D eigenvalue weighted by Crippen LogP contribution is -2.50. The number of methoxy groups -OCH3 is 1. The third kappa shape index (κ3) is 3.97. The molecular weight excluding hydrogens is 314 g/mol. The van der Waals surface area contributed by atoms with Gasteiger partial charge in [-0.05, 0) is 42.8 Å². The lowest BCUT2D eigenvalue weighted by Gasteiger charge is -2.42. The Morgan fingerprint density at radius 2 is 1.61 bits per heavy atom. The molecule has 0 aliphatic carbocycles. The molecule has 0 aliphatic heterocycles. The van der Waals surface area contributed by atoms with Crippen LogP contribution in [0.5, 0.6) is 0 Å². The summed E-state index contributed by atoms with van der Waals surface area (Å²) in [4.78, 5) is 22.7. The minimum Gasteiger partial charge on any atom is -0.467 e. The number of ether oxygens (including phenoxy) is 1. The third-order valence-electron chi connectivity index (χ3n) is 4.47. The van der Waals surface area contributed by atoms with Gasteiger partial charge in [0.2, 0.25) is 0 Å². The van der Waals surface area contributed by atoms with E-state index in [1.165, 1.54) is 19.2 Å².